The Morgan fingerprint density at radius 2 is 1.74 bits per heavy atom. The minimum Gasteiger partial charge on any atom is -0.508 e. The first-order valence-electron chi connectivity index (χ1n) is 6.38. The lowest BCUT2D eigenvalue weighted by Gasteiger charge is -2.16. The van der Waals surface area contributed by atoms with E-state index in [4.69, 9.17) is 0 Å². The Balaban J connectivity index is 1.98. The third-order valence-electron chi connectivity index (χ3n) is 3.10. The van der Waals surface area contributed by atoms with E-state index in [9.17, 15) is 10.2 Å². The van der Waals surface area contributed by atoms with Crippen LogP contribution in [0.15, 0.2) is 42.5 Å². The maximum absolute atomic E-state index is 9.67. The Bertz CT molecular complexity index is 549. The quantitative estimate of drug-likeness (QED) is 0.786. The fourth-order valence-electron chi connectivity index (χ4n) is 2.02. The van der Waals surface area contributed by atoms with E-state index < -0.39 is 0 Å². The lowest BCUT2D eigenvalue weighted by molar-refractivity contribution is 0.471. The highest BCUT2D eigenvalue weighted by atomic mass is 16.3. The van der Waals surface area contributed by atoms with Gasteiger partial charge in [-0.05, 0) is 49.6 Å². The lowest BCUT2D eigenvalue weighted by atomic mass is 10.1. The summed E-state index contributed by atoms with van der Waals surface area (Å²) in [7, 11) is 0. The molecular weight excluding hydrogens is 238 g/mol. The zero-order chi connectivity index (χ0) is 13.8. The summed E-state index contributed by atoms with van der Waals surface area (Å²) in [4.78, 5) is 0. The second-order valence-corrected chi connectivity index (χ2v) is 4.92. The third-order valence-corrected chi connectivity index (χ3v) is 3.10. The maximum Gasteiger partial charge on any atom is 0.120 e. The van der Waals surface area contributed by atoms with Gasteiger partial charge < -0.3 is 15.5 Å². The molecule has 1 unspecified atom stereocenters. The Labute approximate surface area is 113 Å². The summed E-state index contributed by atoms with van der Waals surface area (Å²) in [5.41, 5.74) is 2.94. The number of phenols is 2. The Kier molecular flexibility index (Phi) is 3.95. The topological polar surface area (TPSA) is 52.5 Å². The lowest BCUT2D eigenvalue weighted by Crippen LogP contribution is -2.17. The standard InChI is InChI=1S/C16H19NO2/c1-11-3-6-14(10-16(11)19)17-12(2)9-13-4-7-15(18)8-5-13/h3-8,10,12,17-19H,9H2,1-2H3. The first-order chi connectivity index (χ1) is 9.04. The number of nitrogens with one attached hydrogen (secondary N) is 1. The first kappa shape index (κ1) is 13.3. The molecule has 2 rings (SSSR count). The van der Waals surface area contributed by atoms with Crippen molar-refractivity contribution in [3.05, 3.63) is 53.6 Å². The van der Waals surface area contributed by atoms with E-state index in [0.717, 1.165) is 23.2 Å². The molecule has 0 bridgehead atoms. The monoisotopic (exact) mass is 257 g/mol. The van der Waals surface area contributed by atoms with Gasteiger partial charge >= 0.3 is 0 Å². The largest absolute Gasteiger partial charge is 0.508 e. The Morgan fingerprint density at radius 1 is 1.05 bits per heavy atom. The average molecular weight is 257 g/mol. The van der Waals surface area contributed by atoms with Gasteiger partial charge in [0.05, 0.1) is 0 Å². The van der Waals surface area contributed by atoms with Crippen molar-refractivity contribution in [2.24, 2.45) is 0 Å². The van der Waals surface area contributed by atoms with Gasteiger partial charge in [-0.25, -0.2) is 0 Å². The molecule has 0 spiro atoms. The smallest absolute Gasteiger partial charge is 0.120 e. The molecule has 3 heteroatoms. The summed E-state index contributed by atoms with van der Waals surface area (Å²) < 4.78 is 0. The molecule has 0 radical (unpaired) electrons. The zero-order valence-electron chi connectivity index (χ0n) is 11.2. The zero-order valence-corrected chi connectivity index (χ0v) is 11.2. The molecule has 0 aliphatic heterocycles. The molecule has 3 N–H and O–H groups in total. The summed E-state index contributed by atoms with van der Waals surface area (Å²) in [5.74, 6) is 0.592. The van der Waals surface area contributed by atoms with Gasteiger partial charge in [-0.2, -0.15) is 0 Å². The summed E-state index contributed by atoms with van der Waals surface area (Å²) in [5, 5.41) is 22.3. The SMILES string of the molecule is Cc1ccc(NC(C)Cc2ccc(O)cc2)cc1O. The van der Waals surface area contributed by atoms with Crippen LogP contribution in [-0.4, -0.2) is 16.3 Å². The molecule has 0 saturated carbocycles. The minimum absolute atomic E-state index is 0.242. The van der Waals surface area contributed by atoms with Gasteiger partial charge in [-0.3, -0.25) is 0 Å². The van der Waals surface area contributed by atoms with E-state index in [-0.39, 0.29) is 11.8 Å². The van der Waals surface area contributed by atoms with Crippen LogP contribution in [0, 0.1) is 6.92 Å². The summed E-state index contributed by atoms with van der Waals surface area (Å²) in [6, 6.07) is 13.1. The molecule has 19 heavy (non-hydrogen) atoms. The Morgan fingerprint density at radius 3 is 2.37 bits per heavy atom. The van der Waals surface area contributed by atoms with Crippen LogP contribution < -0.4 is 5.32 Å². The van der Waals surface area contributed by atoms with E-state index in [0.29, 0.717) is 5.75 Å². The number of aryl methyl sites for hydroxylation is 1. The molecule has 1 atom stereocenters. The predicted molar refractivity (Wildman–Crippen MR) is 77.7 cm³/mol. The number of phenolic OH excluding ortho intramolecular Hbond substituents is 2. The van der Waals surface area contributed by atoms with Crippen molar-refractivity contribution < 1.29 is 10.2 Å². The molecule has 0 fully saturated rings. The van der Waals surface area contributed by atoms with Gasteiger partial charge in [-0.15, -0.1) is 0 Å². The van der Waals surface area contributed by atoms with E-state index in [1.807, 2.05) is 31.2 Å². The van der Waals surface area contributed by atoms with Crippen molar-refractivity contribution >= 4 is 5.69 Å². The molecule has 0 aliphatic rings. The molecule has 3 nitrogen and oxygen atoms in total. The van der Waals surface area contributed by atoms with E-state index in [1.54, 1.807) is 18.2 Å². The number of anilines is 1. The van der Waals surface area contributed by atoms with Gasteiger partial charge in [0.15, 0.2) is 0 Å². The van der Waals surface area contributed by atoms with Crippen molar-refractivity contribution in [2.45, 2.75) is 26.3 Å². The van der Waals surface area contributed by atoms with Crippen LogP contribution in [0.1, 0.15) is 18.1 Å². The molecule has 0 saturated heterocycles. The molecule has 2 aromatic carbocycles. The molecule has 2 aromatic rings. The van der Waals surface area contributed by atoms with Crippen LogP contribution >= 0.6 is 0 Å². The first-order valence-corrected chi connectivity index (χ1v) is 6.38. The molecule has 0 aromatic heterocycles. The van der Waals surface area contributed by atoms with Crippen LogP contribution in [0.2, 0.25) is 0 Å². The van der Waals surface area contributed by atoms with Crippen LogP contribution in [0.25, 0.3) is 0 Å². The number of aromatic hydroxyl groups is 2. The van der Waals surface area contributed by atoms with Gasteiger partial charge in [-0.1, -0.05) is 18.2 Å². The van der Waals surface area contributed by atoms with E-state index in [2.05, 4.69) is 12.2 Å². The third kappa shape index (κ3) is 3.65. The second-order valence-electron chi connectivity index (χ2n) is 4.92. The van der Waals surface area contributed by atoms with Crippen molar-refractivity contribution in [3.8, 4) is 11.5 Å². The number of hydrogen-bond acceptors (Lipinski definition) is 3. The van der Waals surface area contributed by atoms with Gasteiger partial charge in [0.25, 0.3) is 0 Å². The molecule has 0 aliphatic carbocycles. The Hall–Kier alpha value is -2.16. The number of rotatable bonds is 4. The molecule has 0 heterocycles. The average Bonchev–Trinajstić information content (AvgIpc) is 2.37. The highest BCUT2D eigenvalue weighted by molar-refractivity contribution is 5.51. The summed E-state index contributed by atoms with van der Waals surface area (Å²) in [6.45, 7) is 3.96. The van der Waals surface area contributed by atoms with Gasteiger partial charge in [0.1, 0.15) is 11.5 Å². The van der Waals surface area contributed by atoms with E-state index in [1.165, 1.54) is 0 Å². The highest BCUT2D eigenvalue weighted by Crippen LogP contribution is 2.22. The maximum atomic E-state index is 9.67. The van der Waals surface area contributed by atoms with Gasteiger partial charge in [0, 0.05) is 17.8 Å². The fraction of sp³-hybridized carbons (Fsp3) is 0.250. The summed E-state index contributed by atoms with van der Waals surface area (Å²) in [6.07, 6.45) is 0.856. The molecular formula is C16H19NO2. The summed E-state index contributed by atoms with van der Waals surface area (Å²) >= 11 is 0. The van der Waals surface area contributed by atoms with Crippen LogP contribution in [0.3, 0.4) is 0 Å². The highest BCUT2D eigenvalue weighted by Gasteiger charge is 2.05. The van der Waals surface area contributed by atoms with E-state index >= 15 is 0 Å². The van der Waals surface area contributed by atoms with Crippen molar-refractivity contribution in [1.29, 1.82) is 0 Å². The molecule has 100 valence electrons. The normalized spacial score (nSPS) is 12.1. The van der Waals surface area contributed by atoms with Gasteiger partial charge in [0.2, 0.25) is 0 Å². The van der Waals surface area contributed by atoms with Crippen molar-refractivity contribution in [2.75, 3.05) is 5.32 Å². The van der Waals surface area contributed by atoms with Crippen molar-refractivity contribution in [3.63, 3.8) is 0 Å². The van der Waals surface area contributed by atoms with Crippen LogP contribution in [-0.2, 0) is 6.42 Å². The van der Waals surface area contributed by atoms with Crippen LogP contribution in [0.4, 0.5) is 5.69 Å². The number of benzene rings is 2. The fourth-order valence-corrected chi connectivity index (χ4v) is 2.02. The predicted octanol–water partition coefficient (Wildman–Crippen LogP) is 3.45. The van der Waals surface area contributed by atoms with Crippen molar-refractivity contribution in [1.82, 2.24) is 0 Å². The second kappa shape index (κ2) is 5.65. The molecule has 0 amide bonds. The van der Waals surface area contributed by atoms with Crippen LogP contribution in [0.5, 0.6) is 11.5 Å². The minimum atomic E-state index is 0.242. The number of hydrogen-bond donors (Lipinski definition) is 3.